The lowest BCUT2D eigenvalue weighted by atomic mass is 9.65. The molecular formula is C53H40O4. The number of carbonyl (C=O) groups is 2. The van der Waals surface area contributed by atoms with Crippen LogP contribution in [0.3, 0.4) is 0 Å². The topological polar surface area (TPSA) is 52.6 Å². The van der Waals surface area contributed by atoms with Crippen molar-refractivity contribution in [1.29, 1.82) is 0 Å². The van der Waals surface area contributed by atoms with Crippen LogP contribution >= 0.6 is 0 Å². The van der Waals surface area contributed by atoms with Gasteiger partial charge < -0.3 is 9.47 Å². The lowest BCUT2D eigenvalue weighted by Gasteiger charge is -2.37. The highest BCUT2D eigenvalue weighted by Gasteiger charge is 2.38. The summed E-state index contributed by atoms with van der Waals surface area (Å²) in [6.07, 6.45) is 0. The second kappa shape index (κ2) is 16.2. The van der Waals surface area contributed by atoms with Crippen LogP contribution in [0.25, 0.3) is 0 Å². The van der Waals surface area contributed by atoms with Gasteiger partial charge >= 0.3 is 0 Å². The van der Waals surface area contributed by atoms with Crippen molar-refractivity contribution >= 4 is 11.6 Å². The molecule has 4 nitrogen and oxygen atoms in total. The number of ether oxygens (including phenoxy) is 2. The van der Waals surface area contributed by atoms with Crippen molar-refractivity contribution in [3.05, 3.63) is 262 Å². The van der Waals surface area contributed by atoms with E-state index in [4.69, 9.17) is 9.47 Å². The average Bonchev–Trinajstić information content (AvgIpc) is 3.26. The Kier molecular flexibility index (Phi) is 10.4. The zero-order chi connectivity index (χ0) is 39.2. The molecule has 0 amide bonds. The first-order chi connectivity index (χ1) is 27.9. The normalized spacial score (nSPS) is 11.1. The number of hydrogen-bond donors (Lipinski definition) is 0. The number of benzene rings is 8. The van der Waals surface area contributed by atoms with E-state index < -0.39 is 5.41 Å². The molecule has 0 atom stereocenters. The van der Waals surface area contributed by atoms with Crippen molar-refractivity contribution in [3.63, 3.8) is 0 Å². The van der Waals surface area contributed by atoms with Gasteiger partial charge in [-0.25, -0.2) is 0 Å². The third-order valence-corrected chi connectivity index (χ3v) is 10.3. The van der Waals surface area contributed by atoms with Gasteiger partial charge in [-0.3, -0.25) is 9.59 Å². The minimum absolute atomic E-state index is 0.0235. The van der Waals surface area contributed by atoms with Gasteiger partial charge in [0.15, 0.2) is 11.6 Å². The minimum atomic E-state index is -0.671. The maximum atomic E-state index is 13.0. The molecule has 0 heterocycles. The van der Waals surface area contributed by atoms with E-state index in [0.29, 0.717) is 45.3 Å². The van der Waals surface area contributed by atoms with Crippen molar-refractivity contribution in [2.24, 2.45) is 0 Å². The number of carbonyl (C=O) groups excluding carboxylic acids is 2. The van der Waals surface area contributed by atoms with Crippen LogP contribution in [-0.4, -0.2) is 11.6 Å². The summed E-state index contributed by atoms with van der Waals surface area (Å²) < 4.78 is 12.6. The third kappa shape index (κ3) is 7.80. The van der Waals surface area contributed by atoms with Crippen molar-refractivity contribution in [2.45, 2.75) is 19.3 Å². The fraction of sp³-hybridized carbons (Fsp3) is 0.0566. The number of aryl methyl sites for hydroxylation is 2. The maximum absolute atomic E-state index is 13.0. The Morgan fingerprint density at radius 2 is 0.561 bits per heavy atom. The highest BCUT2D eigenvalue weighted by Crippen LogP contribution is 2.46. The van der Waals surface area contributed by atoms with E-state index in [9.17, 15) is 9.59 Å². The van der Waals surface area contributed by atoms with E-state index >= 15 is 0 Å². The molecule has 0 bridgehead atoms. The van der Waals surface area contributed by atoms with E-state index in [1.165, 1.54) is 0 Å². The molecule has 0 N–H and O–H groups in total. The summed E-state index contributed by atoms with van der Waals surface area (Å²) in [7, 11) is 0. The molecule has 8 aromatic rings. The molecular weight excluding hydrogens is 701 g/mol. The SMILES string of the molecule is Cc1ccc(C(=O)c2ccc(Oc3ccc(C(c4ccccc4)(c4ccccc4)c4ccc(Oc5ccc(C(=O)c6ccc(C)cc6)cc5)cc4)cc3)cc2)cc1. The van der Waals surface area contributed by atoms with Gasteiger partial charge in [-0.1, -0.05) is 145 Å². The molecule has 0 unspecified atom stereocenters. The summed E-state index contributed by atoms with van der Waals surface area (Å²) in [6, 6.07) is 67.2. The van der Waals surface area contributed by atoms with Gasteiger partial charge in [0.25, 0.3) is 0 Å². The van der Waals surface area contributed by atoms with Gasteiger partial charge in [0.05, 0.1) is 5.41 Å². The zero-order valence-electron chi connectivity index (χ0n) is 31.8. The standard InChI is InChI=1S/C53H40O4/c1-37-13-17-39(18-14-37)51(54)41-21-29-47(30-22-41)56-49-33-25-45(26-34-49)53(43-9-5-3-6-10-43,44-11-7-4-8-12-44)46-27-35-50(36-28-46)57-48-31-23-42(24-32-48)52(55)40-19-15-38(2)16-20-40/h3-36H,1-2H3. The summed E-state index contributed by atoms with van der Waals surface area (Å²) in [6.45, 7) is 4.01. The van der Waals surface area contributed by atoms with Gasteiger partial charge in [-0.15, -0.1) is 0 Å². The number of rotatable bonds is 12. The van der Waals surface area contributed by atoms with Crippen LogP contribution in [0.4, 0.5) is 0 Å². The molecule has 8 rings (SSSR count). The molecule has 0 radical (unpaired) electrons. The van der Waals surface area contributed by atoms with Gasteiger partial charge in [0.1, 0.15) is 23.0 Å². The smallest absolute Gasteiger partial charge is 0.193 e. The molecule has 0 fully saturated rings. The highest BCUT2D eigenvalue weighted by molar-refractivity contribution is 6.09. The summed E-state index contributed by atoms with van der Waals surface area (Å²) in [5, 5.41) is 0. The Hall–Kier alpha value is -7.30. The molecule has 276 valence electrons. The van der Waals surface area contributed by atoms with Gasteiger partial charge in [-0.2, -0.15) is 0 Å². The first kappa shape index (κ1) is 36.7. The Morgan fingerprint density at radius 3 is 0.860 bits per heavy atom. The van der Waals surface area contributed by atoms with Gasteiger partial charge in [0, 0.05) is 22.3 Å². The molecule has 4 heteroatoms. The highest BCUT2D eigenvalue weighted by atomic mass is 16.5. The fourth-order valence-corrected chi connectivity index (χ4v) is 7.29. The Morgan fingerprint density at radius 1 is 0.316 bits per heavy atom. The van der Waals surface area contributed by atoms with Crippen molar-refractivity contribution in [3.8, 4) is 23.0 Å². The van der Waals surface area contributed by atoms with Crippen LogP contribution in [0.5, 0.6) is 23.0 Å². The van der Waals surface area contributed by atoms with E-state index in [1.54, 1.807) is 24.3 Å². The Labute approximate surface area is 333 Å². The lowest BCUT2D eigenvalue weighted by Crippen LogP contribution is -2.30. The van der Waals surface area contributed by atoms with E-state index in [2.05, 4.69) is 72.8 Å². The van der Waals surface area contributed by atoms with Gasteiger partial charge in [-0.05, 0) is 109 Å². The van der Waals surface area contributed by atoms with Crippen LogP contribution < -0.4 is 9.47 Å². The summed E-state index contributed by atoms with van der Waals surface area (Å²) >= 11 is 0. The van der Waals surface area contributed by atoms with Crippen molar-refractivity contribution < 1.29 is 19.1 Å². The number of ketones is 2. The molecule has 0 aliphatic heterocycles. The monoisotopic (exact) mass is 740 g/mol. The third-order valence-electron chi connectivity index (χ3n) is 10.3. The zero-order valence-corrected chi connectivity index (χ0v) is 31.8. The molecule has 0 aromatic heterocycles. The quantitative estimate of drug-likeness (QED) is 0.0924. The first-order valence-electron chi connectivity index (χ1n) is 19.0. The van der Waals surface area contributed by atoms with Gasteiger partial charge in [0.2, 0.25) is 0 Å². The maximum Gasteiger partial charge on any atom is 0.193 e. The second-order valence-corrected chi connectivity index (χ2v) is 14.2. The Bertz CT molecular complexity index is 2410. The van der Waals surface area contributed by atoms with E-state index in [1.807, 2.05) is 123 Å². The summed E-state index contributed by atoms with van der Waals surface area (Å²) in [5.74, 6) is 2.60. The largest absolute Gasteiger partial charge is 0.457 e. The van der Waals surface area contributed by atoms with Crippen LogP contribution in [-0.2, 0) is 5.41 Å². The predicted molar refractivity (Wildman–Crippen MR) is 227 cm³/mol. The molecule has 0 aliphatic rings. The van der Waals surface area contributed by atoms with Crippen LogP contribution in [0, 0.1) is 13.8 Å². The molecule has 57 heavy (non-hydrogen) atoms. The van der Waals surface area contributed by atoms with Crippen molar-refractivity contribution in [2.75, 3.05) is 0 Å². The van der Waals surface area contributed by atoms with Crippen LogP contribution in [0.15, 0.2) is 206 Å². The molecule has 0 spiro atoms. The number of hydrogen-bond acceptors (Lipinski definition) is 4. The molecule has 0 aliphatic carbocycles. The molecule has 0 saturated heterocycles. The van der Waals surface area contributed by atoms with E-state index in [0.717, 1.165) is 33.4 Å². The summed E-state index contributed by atoms with van der Waals surface area (Å²) in [4.78, 5) is 26.1. The predicted octanol–water partition coefficient (Wildman–Crippen LogP) is 12.7. The average molecular weight is 741 g/mol. The van der Waals surface area contributed by atoms with E-state index in [-0.39, 0.29) is 11.6 Å². The summed E-state index contributed by atoms with van der Waals surface area (Å²) in [5.41, 5.74) is 8.44. The minimum Gasteiger partial charge on any atom is -0.457 e. The molecule has 0 saturated carbocycles. The lowest BCUT2D eigenvalue weighted by molar-refractivity contribution is 0.103. The van der Waals surface area contributed by atoms with Crippen LogP contribution in [0.1, 0.15) is 65.2 Å². The Balaban J connectivity index is 1.07. The first-order valence-corrected chi connectivity index (χ1v) is 19.0. The van der Waals surface area contributed by atoms with Crippen molar-refractivity contribution in [1.82, 2.24) is 0 Å². The second-order valence-electron chi connectivity index (χ2n) is 14.2. The molecule has 8 aromatic carbocycles. The fourth-order valence-electron chi connectivity index (χ4n) is 7.29. The van der Waals surface area contributed by atoms with Crippen LogP contribution in [0.2, 0.25) is 0 Å².